The Kier molecular flexibility index (Phi) is 6.45. The lowest BCUT2D eigenvalue weighted by atomic mass is 10.1. The van der Waals surface area contributed by atoms with Gasteiger partial charge in [-0.3, -0.25) is 4.79 Å². The van der Waals surface area contributed by atoms with E-state index in [1.54, 1.807) is 19.0 Å². The summed E-state index contributed by atoms with van der Waals surface area (Å²) in [5.74, 6) is -0.260. The van der Waals surface area contributed by atoms with Crippen molar-refractivity contribution in [3.05, 3.63) is 29.6 Å². The molecule has 5 heteroatoms. The highest BCUT2D eigenvalue weighted by molar-refractivity contribution is 5.81. The van der Waals surface area contributed by atoms with Crippen LogP contribution in [0, 0.1) is 5.82 Å². The van der Waals surface area contributed by atoms with E-state index in [1.165, 1.54) is 12.1 Å². The van der Waals surface area contributed by atoms with Gasteiger partial charge in [0.05, 0.1) is 6.54 Å². The fourth-order valence-corrected chi connectivity index (χ4v) is 2.00. The predicted molar refractivity (Wildman–Crippen MR) is 80.4 cm³/mol. The molecule has 0 saturated heterocycles. The van der Waals surface area contributed by atoms with Crippen molar-refractivity contribution in [2.24, 2.45) is 0 Å². The van der Waals surface area contributed by atoms with Gasteiger partial charge in [0, 0.05) is 32.9 Å². The summed E-state index contributed by atoms with van der Waals surface area (Å²) in [6, 6.07) is 4.92. The van der Waals surface area contributed by atoms with E-state index in [4.69, 9.17) is 0 Å². The Labute approximate surface area is 120 Å². The van der Waals surface area contributed by atoms with Crippen LogP contribution in [-0.4, -0.2) is 45.0 Å². The van der Waals surface area contributed by atoms with Gasteiger partial charge < -0.3 is 15.1 Å². The molecule has 0 aliphatic heterocycles. The largest absolute Gasteiger partial charge is 0.362 e. The summed E-state index contributed by atoms with van der Waals surface area (Å²) in [5.41, 5.74) is 1.63. The van der Waals surface area contributed by atoms with Gasteiger partial charge in [-0.1, -0.05) is 6.92 Å². The zero-order chi connectivity index (χ0) is 15.1. The molecule has 1 N–H and O–H groups in total. The fraction of sp³-hybridized carbons (Fsp3) is 0.533. The van der Waals surface area contributed by atoms with E-state index in [2.05, 4.69) is 5.32 Å². The number of hydrogen-bond acceptors (Lipinski definition) is 3. The van der Waals surface area contributed by atoms with Crippen molar-refractivity contribution < 1.29 is 9.18 Å². The molecule has 112 valence electrons. The van der Waals surface area contributed by atoms with Crippen molar-refractivity contribution in [2.75, 3.05) is 39.1 Å². The summed E-state index contributed by atoms with van der Waals surface area (Å²) in [4.78, 5) is 15.3. The van der Waals surface area contributed by atoms with Gasteiger partial charge in [-0.25, -0.2) is 4.39 Å². The number of halogens is 1. The number of carbonyl (C=O) groups is 1. The molecule has 0 aliphatic rings. The third-order valence-electron chi connectivity index (χ3n) is 3.01. The standard InChI is InChI=1S/C15H24FN3O/c1-5-6-19(11-15(20)18(3)4)14-8-12(10-17-2)7-13(16)9-14/h7-9,17H,5-6,10-11H2,1-4H3. The Morgan fingerprint density at radius 1 is 1.30 bits per heavy atom. The molecule has 0 aromatic heterocycles. The van der Waals surface area contributed by atoms with E-state index in [0.717, 1.165) is 24.2 Å². The van der Waals surface area contributed by atoms with Crippen LogP contribution in [0.15, 0.2) is 18.2 Å². The molecule has 0 atom stereocenters. The van der Waals surface area contributed by atoms with Crippen LogP contribution >= 0.6 is 0 Å². The van der Waals surface area contributed by atoms with Gasteiger partial charge in [0.25, 0.3) is 0 Å². The first-order chi connectivity index (χ1) is 9.47. The number of rotatable bonds is 7. The van der Waals surface area contributed by atoms with Crippen LogP contribution in [0.1, 0.15) is 18.9 Å². The van der Waals surface area contributed by atoms with Gasteiger partial charge in [-0.05, 0) is 37.2 Å². The first-order valence-electron chi connectivity index (χ1n) is 6.87. The van der Waals surface area contributed by atoms with Crippen LogP contribution in [0.3, 0.4) is 0 Å². The SMILES string of the molecule is CCCN(CC(=O)N(C)C)c1cc(F)cc(CNC)c1. The van der Waals surface area contributed by atoms with Crippen molar-refractivity contribution in [3.8, 4) is 0 Å². The third-order valence-corrected chi connectivity index (χ3v) is 3.01. The molecule has 1 amide bonds. The Hall–Kier alpha value is -1.62. The second-order valence-corrected chi connectivity index (χ2v) is 5.06. The average Bonchev–Trinajstić information content (AvgIpc) is 2.37. The highest BCUT2D eigenvalue weighted by Crippen LogP contribution is 2.19. The van der Waals surface area contributed by atoms with Crippen LogP contribution in [0.25, 0.3) is 0 Å². The molecule has 1 aromatic rings. The summed E-state index contributed by atoms with van der Waals surface area (Å²) in [6.45, 7) is 3.64. The zero-order valence-electron chi connectivity index (χ0n) is 12.7. The minimum atomic E-state index is -0.272. The second-order valence-electron chi connectivity index (χ2n) is 5.06. The molecule has 1 aromatic carbocycles. The summed E-state index contributed by atoms with van der Waals surface area (Å²) in [6.07, 6.45) is 0.901. The number of carbonyl (C=O) groups excluding carboxylic acids is 1. The number of anilines is 1. The first-order valence-corrected chi connectivity index (χ1v) is 6.87. The summed E-state index contributed by atoms with van der Waals surface area (Å²) in [5, 5.41) is 3.01. The van der Waals surface area contributed by atoms with Gasteiger partial charge in [-0.15, -0.1) is 0 Å². The van der Waals surface area contributed by atoms with E-state index >= 15 is 0 Å². The summed E-state index contributed by atoms with van der Waals surface area (Å²) in [7, 11) is 5.28. The van der Waals surface area contributed by atoms with Crippen molar-refractivity contribution in [1.29, 1.82) is 0 Å². The van der Waals surface area contributed by atoms with Crippen LogP contribution < -0.4 is 10.2 Å². The van der Waals surface area contributed by atoms with Crippen molar-refractivity contribution >= 4 is 11.6 Å². The predicted octanol–water partition coefficient (Wildman–Crippen LogP) is 1.85. The summed E-state index contributed by atoms with van der Waals surface area (Å²) >= 11 is 0. The maximum atomic E-state index is 13.7. The molecular weight excluding hydrogens is 257 g/mol. The Morgan fingerprint density at radius 2 is 2.00 bits per heavy atom. The number of amides is 1. The normalized spacial score (nSPS) is 10.4. The fourth-order valence-electron chi connectivity index (χ4n) is 2.00. The Morgan fingerprint density at radius 3 is 2.55 bits per heavy atom. The lowest BCUT2D eigenvalue weighted by Crippen LogP contribution is -2.37. The van der Waals surface area contributed by atoms with E-state index in [1.807, 2.05) is 24.9 Å². The van der Waals surface area contributed by atoms with Gasteiger partial charge in [-0.2, -0.15) is 0 Å². The van der Waals surface area contributed by atoms with E-state index in [9.17, 15) is 9.18 Å². The first kappa shape index (κ1) is 16.4. The molecule has 4 nitrogen and oxygen atoms in total. The monoisotopic (exact) mass is 281 g/mol. The molecule has 0 fully saturated rings. The molecule has 0 bridgehead atoms. The lowest BCUT2D eigenvalue weighted by molar-refractivity contribution is -0.127. The molecule has 0 unspecified atom stereocenters. The van der Waals surface area contributed by atoms with Gasteiger partial charge >= 0.3 is 0 Å². The highest BCUT2D eigenvalue weighted by atomic mass is 19.1. The van der Waals surface area contributed by atoms with E-state index < -0.39 is 0 Å². The number of nitrogens with zero attached hydrogens (tertiary/aromatic N) is 2. The molecule has 20 heavy (non-hydrogen) atoms. The highest BCUT2D eigenvalue weighted by Gasteiger charge is 2.14. The molecule has 0 aliphatic carbocycles. The molecular formula is C15H24FN3O. The van der Waals surface area contributed by atoms with Crippen molar-refractivity contribution in [2.45, 2.75) is 19.9 Å². The van der Waals surface area contributed by atoms with Gasteiger partial charge in [0.2, 0.25) is 5.91 Å². The molecule has 0 heterocycles. The van der Waals surface area contributed by atoms with Crippen molar-refractivity contribution in [3.63, 3.8) is 0 Å². The van der Waals surface area contributed by atoms with E-state index in [-0.39, 0.29) is 18.3 Å². The quantitative estimate of drug-likeness (QED) is 0.828. The topological polar surface area (TPSA) is 35.6 Å². The van der Waals surface area contributed by atoms with Gasteiger partial charge in [0.1, 0.15) is 5.82 Å². The van der Waals surface area contributed by atoms with Gasteiger partial charge in [0.15, 0.2) is 0 Å². The maximum Gasteiger partial charge on any atom is 0.241 e. The molecule has 0 saturated carbocycles. The number of benzene rings is 1. The zero-order valence-corrected chi connectivity index (χ0v) is 12.7. The van der Waals surface area contributed by atoms with E-state index in [0.29, 0.717) is 6.54 Å². The second kappa shape index (κ2) is 7.85. The summed E-state index contributed by atoms with van der Waals surface area (Å²) < 4.78 is 13.7. The van der Waals surface area contributed by atoms with Crippen LogP contribution in [0.4, 0.5) is 10.1 Å². The molecule has 0 radical (unpaired) electrons. The minimum Gasteiger partial charge on any atom is -0.362 e. The lowest BCUT2D eigenvalue weighted by Gasteiger charge is -2.26. The van der Waals surface area contributed by atoms with Crippen LogP contribution in [-0.2, 0) is 11.3 Å². The smallest absolute Gasteiger partial charge is 0.241 e. The third kappa shape index (κ3) is 4.81. The maximum absolute atomic E-state index is 13.7. The number of likely N-dealkylation sites (N-methyl/N-ethyl adjacent to an activating group) is 1. The number of nitrogens with one attached hydrogen (secondary N) is 1. The Balaban J connectivity index is 2.98. The molecule has 0 spiro atoms. The van der Waals surface area contributed by atoms with Crippen LogP contribution in [0.5, 0.6) is 0 Å². The molecule has 1 rings (SSSR count). The van der Waals surface area contributed by atoms with Crippen LogP contribution in [0.2, 0.25) is 0 Å². The Bertz CT molecular complexity index is 449. The minimum absolute atomic E-state index is 0.0119. The van der Waals surface area contributed by atoms with Crippen molar-refractivity contribution in [1.82, 2.24) is 10.2 Å². The average molecular weight is 281 g/mol. The number of hydrogen-bond donors (Lipinski definition) is 1.